The van der Waals surface area contributed by atoms with E-state index >= 15 is 0 Å². The first-order valence-electron chi connectivity index (χ1n) is 8.85. The van der Waals surface area contributed by atoms with Gasteiger partial charge in [0.1, 0.15) is 5.75 Å². The smallest absolute Gasteiger partial charge is 0.211 e. The molecule has 0 saturated heterocycles. The molecular weight excluding hydrogens is 334 g/mol. The zero-order chi connectivity index (χ0) is 17.9. The van der Waals surface area contributed by atoms with E-state index in [4.69, 9.17) is 4.74 Å². The molecule has 134 valence electrons. The molecule has 1 unspecified atom stereocenters. The Morgan fingerprint density at radius 3 is 2.40 bits per heavy atom. The summed E-state index contributed by atoms with van der Waals surface area (Å²) in [6.45, 7) is 4.28. The summed E-state index contributed by atoms with van der Waals surface area (Å²) in [5.74, 6) is 1.36. The molecule has 1 aliphatic carbocycles. The zero-order valence-electron chi connectivity index (χ0n) is 14.7. The molecule has 0 aromatic heterocycles. The van der Waals surface area contributed by atoms with E-state index in [2.05, 4.69) is 16.9 Å². The molecule has 2 aromatic carbocycles. The monoisotopic (exact) mass is 359 g/mol. The van der Waals surface area contributed by atoms with Crippen molar-refractivity contribution in [3.63, 3.8) is 0 Å². The lowest BCUT2D eigenvalue weighted by Gasteiger charge is -2.19. The Morgan fingerprint density at radius 2 is 1.80 bits per heavy atom. The lowest BCUT2D eigenvalue weighted by molar-refractivity contribution is 0.340. The minimum Gasteiger partial charge on any atom is -0.494 e. The fourth-order valence-corrected chi connectivity index (χ4v) is 3.85. The van der Waals surface area contributed by atoms with Crippen LogP contribution < -0.4 is 9.46 Å². The SMILES string of the molecule is CCOc1ccc(-c2cccc(C(NS(=O)(=O)CC)C3CC3)c2)cc1. The van der Waals surface area contributed by atoms with Crippen molar-refractivity contribution in [1.29, 1.82) is 0 Å². The van der Waals surface area contributed by atoms with Crippen LogP contribution in [0.3, 0.4) is 0 Å². The topological polar surface area (TPSA) is 55.4 Å². The van der Waals surface area contributed by atoms with Gasteiger partial charge in [0.25, 0.3) is 0 Å². The van der Waals surface area contributed by atoms with Crippen molar-refractivity contribution >= 4 is 10.0 Å². The molecule has 1 atom stereocenters. The maximum atomic E-state index is 12.0. The third kappa shape index (κ3) is 4.61. The second-order valence-electron chi connectivity index (χ2n) is 6.42. The standard InChI is InChI=1S/C20H25NO3S/c1-3-24-19-12-10-15(11-13-19)17-6-5-7-18(14-17)20(16-8-9-16)21-25(22,23)4-2/h5-7,10-14,16,20-21H,3-4,8-9H2,1-2H3. The van der Waals surface area contributed by atoms with E-state index in [0.717, 1.165) is 35.3 Å². The molecule has 0 spiro atoms. The Labute approximate surface area is 150 Å². The maximum Gasteiger partial charge on any atom is 0.211 e. The molecule has 25 heavy (non-hydrogen) atoms. The molecule has 0 heterocycles. The van der Waals surface area contributed by atoms with Gasteiger partial charge in [-0.2, -0.15) is 0 Å². The highest BCUT2D eigenvalue weighted by Crippen LogP contribution is 2.42. The summed E-state index contributed by atoms with van der Waals surface area (Å²) in [6, 6.07) is 16.0. The summed E-state index contributed by atoms with van der Waals surface area (Å²) in [5.41, 5.74) is 3.21. The molecule has 0 radical (unpaired) electrons. The van der Waals surface area contributed by atoms with E-state index in [1.54, 1.807) is 6.92 Å². The van der Waals surface area contributed by atoms with Gasteiger partial charge in [0.05, 0.1) is 12.4 Å². The third-order valence-corrected chi connectivity index (χ3v) is 5.90. The van der Waals surface area contributed by atoms with Crippen LogP contribution in [0, 0.1) is 5.92 Å². The Balaban J connectivity index is 1.86. The van der Waals surface area contributed by atoms with Crippen LogP contribution in [0.15, 0.2) is 48.5 Å². The Morgan fingerprint density at radius 1 is 1.08 bits per heavy atom. The molecule has 0 amide bonds. The van der Waals surface area contributed by atoms with Gasteiger partial charge in [0.2, 0.25) is 10.0 Å². The van der Waals surface area contributed by atoms with E-state index in [1.807, 2.05) is 43.3 Å². The first kappa shape index (κ1) is 18.0. The minimum absolute atomic E-state index is 0.106. The van der Waals surface area contributed by atoms with E-state index in [0.29, 0.717) is 12.5 Å². The van der Waals surface area contributed by atoms with Gasteiger partial charge in [0.15, 0.2) is 0 Å². The number of hydrogen-bond acceptors (Lipinski definition) is 3. The predicted molar refractivity (Wildman–Crippen MR) is 101 cm³/mol. The van der Waals surface area contributed by atoms with Gasteiger partial charge in [-0.05, 0) is 67.5 Å². The average molecular weight is 359 g/mol. The second-order valence-corrected chi connectivity index (χ2v) is 8.46. The maximum absolute atomic E-state index is 12.0. The fraction of sp³-hybridized carbons (Fsp3) is 0.400. The Hall–Kier alpha value is -1.85. The highest BCUT2D eigenvalue weighted by molar-refractivity contribution is 7.89. The van der Waals surface area contributed by atoms with E-state index in [1.165, 1.54) is 0 Å². The van der Waals surface area contributed by atoms with Crippen LogP contribution >= 0.6 is 0 Å². The van der Waals surface area contributed by atoms with Crippen LogP contribution in [0.2, 0.25) is 0 Å². The molecule has 5 heteroatoms. The average Bonchev–Trinajstić information content (AvgIpc) is 3.46. The normalized spacial score (nSPS) is 15.8. The molecule has 2 aromatic rings. The molecule has 0 bridgehead atoms. The van der Waals surface area contributed by atoms with Gasteiger partial charge in [-0.15, -0.1) is 0 Å². The van der Waals surface area contributed by atoms with Gasteiger partial charge < -0.3 is 4.74 Å². The number of rotatable bonds is 8. The quantitative estimate of drug-likeness (QED) is 0.770. The largest absolute Gasteiger partial charge is 0.494 e. The Bertz CT molecular complexity index is 811. The van der Waals surface area contributed by atoms with Crippen molar-refractivity contribution in [3.05, 3.63) is 54.1 Å². The van der Waals surface area contributed by atoms with Crippen LogP contribution in [-0.2, 0) is 10.0 Å². The predicted octanol–water partition coefficient (Wildman–Crippen LogP) is 4.14. The van der Waals surface area contributed by atoms with Gasteiger partial charge in [-0.25, -0.2) is 13.1 Å². The van der Waals surface area contributed by atoms with Crippen molar-refractivity contribution in [2.75, 3.05) is 12.4 Å². The van der Waals surface area contributed by atoms with E-state index < -0.39 is 10.0 Å². The summed E-state index contributed by atoms with van der Waals surface area (Å²) in [5, 5.41) is 0. The Kier molecular flexibility index (Phi) is 5.45. The van der Waals surface area contributed by atoms with Crippen molar-refractivity contribution < 1.29 is 13.2 Å². The second kappa shape index (κ2) is 7.58. The van der Waals surface area contributed by atoms with Gasteiger partial charge in [-0.1, -0.05) is 30.3 Å². The van der Waals surface area contributed by atoms with Crippen molar-refractivity contribution in [2.45, 2.75) is 32.7 Å². The van der Waals surface area contributed by atoms with Crippen LogP contribution in [0.5, 0.6) is 5.75 Å². The number of nitrogens with one attached hydrogen (secondary N) is 1. The summed E-state index contributed by atoms with van der Waals surface area (Å²) < 4.78 is 32.5. The number of ether oxygens (including phenoxy) is 1. The molecular formula is C20H25NO3S. The van der Waals surface area contributed by atoms with Gasteiger partial charge >= 0.3 is 0 Å². The fourth-order valence-electron chi connectivity index (χ4n) is 2.96. The number of benzene rings is 2. The summed E-state index contributed by atoms with van der Waals surface area (Å²) in [7, 11) is -3.23. The molecule has 1 N–H and O–H groups in total. The van der Waals surface area contributed by atoms with E-state index in [-0.39, 0.29) is 11.8 Å². The molecule has 3 rings (SSSR count). The zero-order valence-corrected chi connectivity index (χ0v) is 15.6. The summed E-state index contributed by atoms with van der Waals surface area (Å²) >= 11 is 0. The van der Waals surface area contributed by atoms with Crippen LogP contribution in [0.25, 0.3) is 11.1 Å². The number of sulfonamides is 1. The van der Waals surface area contributed by atoms with Crippen molar-refractivity contribution in [1.82, 2.24) is 4.72 Å². The van der Waals surface area contributed by atoms with Crippen LogP contribution in [-0.4, -0.2) is 20.8 Å². The van der Waals surface area contributed by atoms with Gasteiger partial charge in [0, 0.05) is 6.04 Å². The lowest BCUT2D eigenvalue weighted by Crippen LogP contribution is -2.31. The molecule has 1 aliphatic rings. The summed E-state index contributed by atoms with van der Waals surface area (Å²) in [4.78, 5) is 0. The minimum atomic E-state index is -3.23. The third-order valence-electron chi connectivity index (χ3n) is 4.52. The van der Waals surface area contributed by atoms with Crippen molar-refractivity contribution in [3.8, 4) is 16.9 Å². The number of hydrogen-bond donors (Lipinski definition) is 1. The van der Waals surface area contributed by atoms with Crippen molar-refractivity contribution in [2.24, 2.45) is 5.92 Å². The molecule has 1 fully saturated rings. The highest BCUT2D eigenvalue weighted by atomic mass is 32.2. The van der Waals surface area contributed by atoms with E-state index in [9.17, 15) is 8.42 Å². The van der Waals surface area contributed by atoms with Crippen LogP contribution in [0.1, 0.15) is 38.3 Å². The molecule has 1 saturated carbocycles. The lowest BCUT2D eigenvalue weighted by atomic mass is 9.97. The first-order chi connectivity index (χ1) is 12.0. The van der Waals surface area contributed by atoms with Gasteiger partial charge in [-0.3, -0.25) is 0 Å². The molecule has 0 aliphatic heterocycles. The highest BCUT2D eigenvalue weighted by Gasteiger charge is 2.34. The van der Waals surface area contributed by atoms with Crippen LogP contribution in [0.4, 0.5) is 0 Å². The first-order valence-corrected chi connectivity index (χ1v) is 10.5. The summed E-state index contributed by atoms with van der Waals surface area (Å²) in [6.07, 6.45) is 2.15. The molecule has 4 nitrogen and oxygen atoms in total.